The maximum Gasteiger partial charge on any atom is 0.0970 e. The van der Waals surface area contributed by atoms with Crippen LogP contribution in [0.5, 0.6) is 0 Å². The van der Waals surface area contributed by atoms with Gasteiger partial charge in [0.05, 0.1) is 6.04 Å². The summed E-state index contributed by atoms with van der Waals surface area (Å²) in [5, 5.41) is 0.781. The lowest BCUT2D eigenvalue weighted by molar-refractivity contribution is 0.197. The highest BCUT2D eigenvalue weighted by Crippen LogP contribution is 2.25. The molecule has 1 nitrogen and oxygen atoms in total. The molecule has 2 heteroatoms. The van der Waals surface area contributed by atoms with Crippen LogP contribution in [0.1, 0.15) is 36.4 Å². The predicted octanol–water partition coefficient (Wildman–Crippen LogP) is 5.11. The second kappa shape index (κ2) is 8.20. The van der Waals surface area contributed by atoms with E-state index in [2.05, 4.69) is 53.1 Å². The van der Waals surface area contributed by atoms with Crippen LogP contribution >= 0.6 is 11.6 Å². The van der Waals surface area contributed by atoms with Crippen LogP contribution in [0.2, 0.25) is 5.02 Å². The third kappa shape index (κ3) is 4.61. The molecule has 0 aliphatic carbocycles. The van der Waals surface area contributed by atoms with Gasteiger partial charge in [-0.25, -0.2) is 0 Å². The van der Waals surface area contributed by atoms with Crippen molar-refractivity contribution in [3.05, 3.63) is 70.7 Å². The molecule has 1 unspecified atom stereocenters. The van der Waals surface area contributed by atoms with Gasteiger partial charge in [0.1, 0.15) is 0 Å². The average Bonchev–Trinajstić information content (AvgIpc) is 2.61. The first-order chi connectivity index (χ1) is 11.3. The molecule has 1 aliphatic heterocycles. The van der Waals surface area contributed by atoms with Gasteiger partial charge in [0.25, 0.3) is 0 Å². The van der Waals surface area contributed by atoms with Gasteiger partial charge in [0.15, 0.2) is 0 Å². The summed E-state index contributed by atoms with van der Waals surface area (Å²) in [5.41, 5.74) is 2.52. The fourth-order valence-electron chi connectivity index (χ4n) is 3.05. The topological polar surface area (TPSA) is 3.24 Å². The molecule has 2 aromatic rings. The summed E-state index contributed by atoms with van der Waals surface area (Å²) in [6.07, 6.45) is 4.68. The number of likely N-dealkylation sites (tertiary alicyclic amines) is 1. The summed E-state index contributed by atoms with van der Waals surface area (Å²) in [7, 11) is 0. The third-order valence-electron chi connectivity index (χ3n) is 4.32. The van der Waals surface area contributed by atoms with E-state index in [0.717, 1.165) is 24.5 Å². The molecule has 0 amide bonds. The molecule has 0 bridgehead atoms. The normalized spacial score (nSPS) is 16.4. The van der Waals surface area contributed by atoms with Crippen LogP contribution in [0.4, 0.5) is 0 Å². The monoisotopic (exact) mass is 323 g/mol. The number of benzene rings is 2. The van der Waals surface area contributed by atoms with Gasteiger partial charge < -0.3 is 0 Å². The summed E-state index contributed by atoms with van der Waals surface area (Å²) < 4.78 is 0. The molecular weight excluding hydrogens is 302 g/mol. The molecule has 1 saturated heterocycles. The fourth-order valence-corrected chi connectivity index (χ4v) is 3.18. The molecule has 118 valence electrons. The van der Waals surface area contributed by atoms with Crippen LogP contribution in [0.15, 0.2) is 54.6 Å². The van der Waals surface area contributed by atoms with Crippen LogP contribution < -0.4 is 0 Å². The highest BCUT2D eigenvalue weighted by atomic mass is 35.5. The Morgan fingerprint density at radius 1 is 0.913 bits per heavy atom. The molecule has 0 saturated carbocycles. The van der Waals surface area contributed by atoms with Gasteiger partial charge in [-0.2, -0.15) is 0 Å². The molecule has 2 aromatic carbocycles. The van der Waals surface area contributed by atoms with Crippen molar-refractivity contribution >= 4 is 11.6 Å². The van der Waals surface area contributed by atoms with Crippen LogP contribution in [0.3, 0.4) is 0 Å². The smallest absolute Gasteiger partial charge is 0.0970 e. The van der Waals surface area contributed by atoms with Gasteiger partial charge in [-0.05, 0) is 49.2 Å². The van der Waals surface area contributed by atoms with Crippen LogP contribution in [-0.4, -0.2) is 18.0 Å². The summed E-state index contributed by atoms with van der Waals surface area (Å²) in [4.78, 5) is 2.50. The molecule has 0 radical (unpaired) electrons. The summed E-state index contributed by atoms with van der Waals surface area (Å²) >= 11 is 6.04. The van der Waals surface area contributed by atoms with Gasteiger partial charge in [0, 0.05) is 11.4 Å². The molecule has 1 fully saturated rings. The SMILES string of the molecule is Clc1ccc(C(C#CCc2ccccc2)N2CCCCC2)cc1. The van der Waals surface area contributed by atoms with Crippen LogP contribution in [-0.2, 0) is 6.42 Å². The van der Waals surface area contributed by atoms with Crippen LogP contribution in [0.25, 0.3) is 0 Å². The van der Waals surface area contributed by atoms with E-state index < -0.39 is 0 Å². The average molecular weight is 324 g/mol. The highest BCUT2D eigenvalue weighted by Gasteiger charge is 2.20. The van der Waals surface area contributed by atoms with Crippen molar-refractivity contribution in [2.75, 3.05) is 13.1 Å². The van der Waals surface area contributed by atoms with E-state index in [9.17, 15) is 0 Å². The Hall–Kier alpha value is -1.75. The Bertz CT molecular complexity index is 660. The second-order valence-electron chi connectivity index (χ2n) is 6.03. The predicted molar refractivity (Wildman–Crippen MR) is 97.5 cm³/mol. The molecule has 1 heterocycles. The highest BCUT2D eigenvalue weighted by molar-refractivity contribution is 6.30. The first kappa shape index (κ1) is 16.1. The number of piperidine rings is 1. The zero-order valence-electron chi connectivity index (χ0n) is 13.3. The van der Waals surface area contributed by atoms with Crippen LogP contribution in [0, 0.1) is 11.8 Å². The van der Waals surface area contributed by atoms with E-state index in [-0.39, 0.29) is 6.04 Å². The van der Waals surface area contributed by atoms with E-state index in [0.29, 0.717) is 0 Å². The molecule has 0 N–H and O–H groups in total. The van der Waals surface area contributed by atoms with E-state index in [1.165, 1.54) is 30.4 Å². The number of nitrogens with zero attached hydrogens (tertiary/aromatic N) is 1. The summed E-state index contributed by atoms with van der Waals surface area (Å²) in [6, 6.07) is 18.8. The number of halogens is 1. The fraction of sp³-hybridized carbons (Fsp3) is 0.333. The number of hydrogen-bond acceptors (Lipinski definition) is 1. The molecule has 1 atom stereocenters. The van der Waals surface area contributed by atoms with Gasteiger partial charge in [-0.15, -0.1) is 0 Å². The van der Waals surface area contributed by atoms with Gasteiger partial charge in [0.2, 0.25) is 0 Å². The first-order valence-electron chi connectivity index (χ1n) is 8.35. The lowest BCUT2D eigenvalue weighted by Gasteiger charge is -2.31. The Labute approximate surface area is 144 Å². The minimum Gasteiger partial charge on any atom is -0.286 e. The second-order valence-corrected chi connectivity index (χ2v) is 6.47. The largest absolute Gasteiger partial charge is 0.286 e. The molecule has 23 heavy (non-hydrogen) atoms. The molecule has 0 aromatic heterocycles. The first-order valence-corrected chi connectivity index (χ1v) is 8.72. The van der Waals surface area contributed by atoms with Gasteiger partial charge in [-0.1, -0.05) is 72.3 Å². The van der Waals surface area contributed by atoms with Gasteiger partial charge >= 0.3 is 0 Å². The van der Waals surface area contributed by atoms with Crippen molar-refractivity contribution in [2.45, 2.75) is 31.7 Å². The zero-order valence-corrected chi connectivity index (χ0v) is 14.1. The molecular formula is C21H22ClN. The molecule has 3 rings (SSSR count). The van der Waals surface area contributed by atoms with Crippen molar-refractivity contribution in [1.29, 1.82) is 0 Å². The zero-order chi connectivity index (χ0) is 15.9. The summed E-state index contributed by atoms with van der Waals surface area (Å²) in [6.45, 7) is 2.26. The number of hydrogen-bond donors (Lipinski definition) is 0. The number of rotatable bonds is 3. The maximum atomic E-state index is 6.04. The van der Waals surface area contributed by atoms with E-state index >= 15 is 0 Å². The lowest BCUT2D eigenvalue weighted by atomic mass is 10.0. The van der Waals surface area contributed by atoms with Crippen molar-refractivity contribution in [3.8, 4) is 11.8 Å². The quantitative estimate of drug-likeness (QED) is 0.709. The van der Waals surface area contributed by atoms with Crippen molar-refractivity contribution in [1.82, 2.24) is 4.90 Å². The standard InChI is InChI=1S/C21H22ClN/c22-20-14-12-19(13-15-20)21(23-16-5-2-6-17-23)11-7-10-18-8-3-1-4-9-18/h1,3-4,8-9,12-15,21H,2,5-6,10,16-17H2. The Balaban J connectivity index is 1.79. The Kier molecular flexibility index (Phi) is 5.75. The van der Waals surface area contributed by atoms with E-state index in [1.807, 2.05) is 18.2 Å². The minimum absolute atomic E-state index is 0.177. The summed E-state index contributed by atoms with van der Waals surface area (Å²) in [5.74, 6) is 6.89. The van der Waals surface area contributed by atoms with Gasteiger partial charge in [-0.3, -0.25) is 4.90 Å². The van der Waals surface area contributed by atoms with Crippen molar-refractivity contribution < 1.29 is 0 Å². The Morgan fingerprint density at radius 3 is 2.30 bits per heavy atom. The lowest BCUT2D eigenvalue weighted by Crippen LogP contribution is -2.33. The molecule has 0 spiro atoms. The maximum absolute atomic E-state index is 6.04. The van der Waals surface area contributed by atoms with E-state index in [4.69, 9.17) is 11.6 Å². The van der Waals surface area contributed by atoms with Crippen molar-refractivity contribution in [2.24, 2.45) is 0 Å². The minimum atomic E-state index is 0.177. The van der Waals surface area contributed by atoms with E-state index in [1.54, 1.807) is 0 Å². The molecule has 1 aliphatic rings. The third-order valence-corrected chi connectivity index (χ3v) is 4.57. The van der Waals surface area contributed by atoms with Crippen molar-refractivity contribution in [3.63, 3.8) is 0 Å². The Morgan fingerprint density at radius 2 is 1.61 bits per heavy atom.